The zero-order valence-corrected chi connectivity index (χ0v) is 14.5. The van der Waals surface area contributed by atoms with Gasteiger partial charge in [0.1, 0.15) is 4.75 Å². The predicted octanol–water partition coefficient (Wildman–Crippen LogP) is 4.23. The third kappa shape index (κ3) is 3.52. The van der Waals surface area contributed by atoms with Crippen LogP contribution in [0.5, 0.6) is 0 Å². The van der Waals surface area contributed by atoms with Gasteiger partial charge in [-0.2, -0.15) is 0 Å². The molecule has 1 aliphatic carbocycles. The van der Waals surface area contributed by atoms with Gasteiger partial charge in [0.25, 0.3) is 0 Å². The summed E-state index contributed by atoms with van der Waals surface area (Å²) in [6.45, 7) is 0. The summed E-state index contributed by atoms with van der Waals surface area (Å²) in [5.74, 6) is 2.53. The first kappa shape index (κ1) is 17.1. The summed E-state index contributed by atoms with van der Waals surface area (Å²) in [5, 5.41) is 0. The Morgan fingerprint density at radius 3 is 2.24 bits per heavy atom. The Balaban J connectivity index is 1.91. The quantitative estimate of drug-likeness (QED) is 0.821. The number of allylic oxidation sites excluding steroid dienone is 3. The number of para-hydroxylation sites is 1. The minimum Gasteiger partial charge on any atom is -0.283 e. The molecule has 25 heavy (non-hydrogen) atoms. The van der Waals surface area contributed by atoms with Crippen LogP contribution in [0.3, 0.4) is 0 Å². The lowest BCUT2D eigenvalue weighted by Gasteiger charge is -2.30. The Bertz CT molecular complexity index is 938. The van der Waals surface area contributed by atoms with E-state index in [1.54, 1.807) is 30.3 Å². The highest BCUT2D eigenvalue weighted by Gasteiger charge is 2.41. The van der Waals surface area contributed by atoms with Crippen LogP contribution in [-0.4, -0.2) is 13.2 Å². The van der Waals surface area contributed by atoms with Gasteiger partial charge in [-0.05, 0) is 29.7 Å². The van der Waals surface area contributed by atoms with E-state index in [1.165, 1.54) is 0 Å². The van der Waals surface area contributed by atoms with E-state index in [0.29, 0.717) is 12.1 Å². The van der Waals surface area contributed by atoms with E-state index >= 15 is 0 Å². The van der Waals surface area contributed by atoms with Gasteiger partial charge in [-0.3, -0.25) is 4.72 Å². The van der Waals surface area contributed by atoms with Crippen LogP contribution in [0, 0.1) is 12.3 Å². The van der Waals surface area contributed by atoms with E-state index < -0.39 is 14.8 Å². The first-order chi connectivity index (χ1) is 12.1. The standard InChI is InChI=1S/C21H19NO2S/c1-2-15-21(25(23,24)22-20-11-7-4-8-12-20)16-13-19(14-17-21)18-9-5-3-6-10-18/h1,3-14,16,22H,15,17H2. The third-order valence-electron chi connectivity index (χ3n) is 4.30. The molecule has 0 fully saturated rings. The summed E-state index contributed by atoms with van der Waals surface area (Å²) in [4.78, 5) is 0. The Kier molecular flexibility index (Phi) is 4.78. The number of rotatable bonds is 5. The Morgan fingerprint density at radius 2 is 1.68 bits per heavy atom. The molecule has 0 saturated carbocycles. The predicted molar refractivity (Wildman–Crippen MR) is 103 cm³/mol. The van der Waals surface area contributed by atoms with Crippen molar-refractivity contribution in [1.29, 1.82) is 0 Å². The fourth-order valence-corrected chi connectivity index (χ4v) is 4.34. The van der Waals surface area contributed by atoms with Gasteiger partial charge >= 0.3 is 0 Å². The van der Waals surface area contributed by atoms with Crippen molar-refractivity contribution in [3.8, 4) is 12.3 Å². The first-order valence-electron chi connectivity index (χ1n) is 8.02. The maximum absolute atomic E-state index is 13.0. The Labute approximate surface area is 149 Å². The van der Waals surface area contributed by atoms with Crippen molar-refractivity contribution in [3.63, 3.8) is 0 Å². The summed E-state index contributed by atoms with van der Waals surface area (Å²) in [7, 11) is -3.69. The SMILES string of the molecule is C#CCC1(S(=O)(=O)Nc2ccccc2)C=CC(c2ccccc2)=CC1. The van der Waals surface area contributed by atoms with Crippen molar-refractivity contribution in [2.45, 2.75) is 17.6 Å². The van der Waals surface area contributed by atoms with E-state index in [-0.39, 0.29) is 6.42 Å². The van der Waals surface area contributed by atoms with E-state index in [9.17, 15) is 8.42 Å². The lowest BCUT2D eigenvalue weighted by Crippen LogP contribution is -2.41. The number of sulfonamides is 1. The summed E-state index contributed by atoms with van der Waals surface area (Å²) in [6, 6.07) is 18.7. The van der Waals surface area contributed by atoms with Crippen LogP contribution in [0.1, 0.15) is 18.4 Å². The Hall–Kier alpha value is -2.77. The Morgan fingerprint density at radius 1 is 1.04 bits per heavy atom. The van der Waals surface area contributed by atoms with Gasteiger partial charge in [-0.25, -0.2) is 8.42 Å². The molecule has 0 heterocycles. The second-order valence-corrected chi connectivity index (χ2v) is 8.00. The molecule has 0 amide bonds. The highest BCUT2D eigenvalue weighted by Crippen LogP contribution is 2.36. The third-order valence-corrected chi connectivity index (χ3v) is 6.33. The van der Waals surface area contributed by atoms with Crippen LogP contribution in [0.15, 0.2) is 78.9 Å². The summed E-state index contributed by atoms with van der Waals surface area (Å²) in [5.41, 5.74) is 2.59. The van der Waals surface area contributed by atoms with Crippen molar-refractivity contribution in [2.75, 3.05) is 4.72 Å². The molecule has 2 aromatic carbocycles. The van der Waals surface area contributed by atoms with E-state index in [1.807, 2.05) is 48.6 Å². The second-order valence-electron chi connectivity index (χ2n) is 5.98. The van der Waals surface area contributed by atoms with Crippen LogP contribution < -0.4 is 4.72 Å². The van der Waals surface area contributed by atoms with E-state index in [0.717, 1.165) is 11.1 Å². The lowest BCUT2D eigenvalue weighted by molar-refractivity contribution is 0.559. The molecule has 3 nitrogen and oxygen atoms in total. The lowest BCUT2D eigenvalue weighted by atomic mass is 9.90. The van der Waals surface area contributed by atoms with Crippen molar-refractivity contribution in [1.82, 2.24) is 0 Å². The molecule has 0 spiro atoms. The molecule has 1 N–H and O–H groups in total. The molecule has 1 unspecified atom stereocenters. The zero-order valence-electron chi connectivity index (χ0n) is 13.7. The van der Waals surface area contributed by atoms with Gasteiger partial charge < -0.3 is 0 Å². The van der Waals surface area contributed by atoms with Crippen LogP contribution in [0.4, 0.5) is 5.69 Å². The smallest absolute Gasteiger partial charge is 0.243 e. The fraction of sp³-hybridized carbons (Fsp3) is 0.143. The molecule has 0 radical (unpaired) electrons. The maximum atomic E-state index is 13.0. The fourth-order valence-electron chi connectivity index (χ4n) is 2.87. The van der Waals surface area contributed by atoms with Gasteiger partial charge in [0.05, 0.1) is 0 Å². The number of benzene rings is 2. The molecule has 1 aliphatic rings. The highest BCUT2D eigenvalue weighted by molar-refractivity contribution is 7.94. The number of terminal acetylenes is 1. The summed E-state index contributed by atoms with van der Waals surface area (Å²) < 4.78 is 27.6. The van der Waals surface area contributed by atoms with E-state index in [2.05, 4.69) is 10.6 Å². The molecular weight excluding hydrogens is 330 g/mol. The minimum absolute atomic E-state index is 0.115. The molecule has 0 saturated heterocycles. The van der Waals surface area contributed by atoms with Gasteiger partial charge in [0.2, 0.25) is 10.0 Å². The topological polar surface area (TPSA) is 46.2 Å². The largest absolute Gasteiger partial charge is 0.283 e. The number of anilines is 1. The minimum atomic E-state index is -3.69. The molecule has 3 rings (SSSR count). The van der Waals surface area contributed by atoms with Crippen LogP contribution >= 0.6 is 0 Å². The monoisotopic (exact) mass is 349 g/mol. The van der Waals surface area contributed by atoms with Crippen molar-refractivity contribution in [2.24, 2.45) is 0 Å². The first-order valence-corrected chi connectivity index (χ1v) is 9.50. The van der Waals surface area contributed by atoms with Gasteiger partial charge in [0.15, 0.2) is 0 Å². The van der Waals surface area contributed by atoms with Crippen LogP contribution in [-0.2, 0) is 10.0 Å². The van der Waals surface area contributed by atoms with Crippen LogP contribution in [0.2, 0.25) is 0 Å². The molecule has 126 valence electrons. The second kappa shape index (κ2) is 7.00. The average molecular weight is 349 g/mol. The average Bonchev–Trinajstić information content (AvgIpc) is 2.64. The number of nitrogens with one attached hydrogen (secondary N) is 1. The zero-order chi connectivity index (χ0) is 17.8. The van der Waals surface area contributed by atoms with Crippen molar-refractivity contribution >= 4 is 21.3 Å². The molecule has 0 aliphatic heterocycles. The highest BCUT2D eigenvalue weighted by atomic mass is 32.2. The van der Waals surface area contributed by atoms with Gasteiger partial charge in [-0.1, -0.05) is 66.8 Å². The van der Waals surface area contributed by atoms with E-state index in [4.69, 9.17) is 6.42 Å². The summed E-state index contributed by atoms with van der Waals surface area (Å²) in [6.07, 6.45) is 11.4. The molecule has 4 heteroatoms. The van der Waals surface area contributed by atoms with Gasteiger partial charge in [0, 0.05) is 12.1 Å². The van der Waals surface area contributed by atoms with Crippen molar-refractivity contribution < 1.29 is 8.42 Å². The normalized spacial score (nSPS) is 19.7. The molecule has 0 aromatic heterocycles. The molecule has 2 aromatic rings. The molecular formula is C21H19NO2S. The summed E-state index contributed by atoms with van der Waals surface area (Å²) >= 11 is 0. The van der Waals surface area contributed by atoms with Gasteiger partial charge in [-0.15, -0.1) is 12.3 Å². The van der Waals surface area contributed by atoms with Crippen LogP contribution in [0.25, 0.3) is 5.57 Å². The molecule has 1 atom stereocenters. The van der Waals surface area contributed by atoms with Crippen molar-refractivity contribution in [3.05, 3.63) is 84.5 Å². The number of hydrogen-bond donors (Lipinski definition) is 1. The number of hydrogen-bond acceptors (Lipinski definition) is 2. The maximum Gasteiger partial charge on any atom is 0.243 e. The molecule has 0 bridgehead atoms.